The van der Waals surface area contributed by atoms with E-state index in [0.29, 0.717) is 18.7 Å². The van der Waals surface area contributed by atoms with Crippen molar-refractivity contribution in [3.05, 3.63) is 40.4 Å². The van der Waals surface area contributed by atoms with Gasteiger partial charge in [-0.05, 0) is 37.8 Å². The zero-order chi connectivity index (χ0) is 16.5. The summed E-state index contributed by atoms with van der Waals surface area (Å²) < 4.78 is 5.53. The lowest BCUT2D eigenvalue weighted by Gasteiger charge is -2.34. The molecule has 2 aliphatic rings. The molecule has 0 radical (unpaired) electrons. The van der Waals surface area contributed by atoms with Gasteiger partial charge in [0.1, 0.15) is 11.6 Å². The third kappa shape index (κ3) is 2.82. The molecule has 0 unspecified atom stereocenters. The first-order chi connectivity index (χ1) is 11.7. The summed E-state index contributed by atoms with van der Waals surface area (Å²) in [5.74, 6) is 0.253. The number of pyridine rings is 2. The van der Waals surface area contributed by atoms with Crippen molar-refractivity contribution in [2.75, 3.05) is 19.7 Å². The number of nitrogens with zero attached hydrogens (tertiary/aromatic N) is 2. The summed E-state index contributed by atoms with van der Waals surface area (Å²) in [6.45, 7) is 2.09. The van der Waals surface area contributed by atoms with Crippen molar-refractivity contribution >= 4 is 16.8 Å². The molecule has 0 spiro atoms. The Morgan fingerprint density at radius 3 is 3.08 bits per heavy atom. The monoisotopic (exact) mass is 327 g/mol. The van der Waals surface area contributed by atoms with Gasteiger partial charge in [-0.25, -0.2) is 0 Å². The Hall–Kier alpha value is -2.21. The van der Waals surface area contributed by atoms with Gasteiger partial charge in [-0.15, -0.1) is 0 Å². The molecule has 0 saturated carbocycles. The van der Waals surface area contributed by atoms with E-state index in [2.05, 4.69) is 9.97 Å². The standard InChI is InChI=1S/C18H21N3O3/c22-17-16-12(4-1-7-19-16)10-14(20-17)13-5-2-8-21(11-13)18(23)15-6-3-9-24-15/h1,4,7,10,13,15H,2-3,5-6,8-9,11H2,(H,20,22)/t13-,15-/m1/s1. The van der Waals surface area contributed by atoms with E-state index in [1.807, 2.05) is 23.1 Å². The zero-order valence-corrected chi connectivity index (χ0v) is 13.5. The van der Waals surface area contributed by atoms with Crippen LogP contribution in [-0.4, -0.2) is 46.6 Å². The molecule has 4 heterocycles. The van der Waals surface area contributed by atoms with Gasteiger partial charge in [0.15, 0.2) is 0 Å². The fourth-order valence-electron chi connectivity index (χ4n) is 3.74. The highest BCUT2D eigenvalue weighted by atomic mass is 16.5. The van der Waals surface area contributed by atoms with Gasteiger partial charge in [0.25, 0.3) is 11.5 Å². The number of amides is 1. The number of piperidine rings is 1. The lowest BCUT2D eigenvalue weighted by molar-refractivity contribution is -0.142. The molecule has 2 aliphatic heterocycles. The van der Waals surface area contributed by atoms with E-state index in [1.54, 1.807) is 6.20 Å². The molecule has 1 amide bonds. The number of rotatable bonds is 2. The average Bonchev–Trinajstić information content (AvgIpc) is 3.16. The molecule has 6 nitrogen and oxygen atoms in total. The van der Waals surface area contributed by atoms with E-state index in [1.165, 1.54) is 0 Å². The summed E-state index contributed by atoms with van der Waals surface area (Å²) in [6.07, 6.45) is 5.04. The third-order valence-electron chi connectivity index (χ3n) is 5.00. The van der Waals surface area contributed by atoms with Crippen LogP contribution in [0, 0.1) is 0 Å². The Labute approximate surface area is 139 Å². The number of aromatic nitrogens is 2. The van der Waals surface area contributed by atoms with Crippen LogP contribution in [0.5, 0.6) is 0 Å². The van der Waals surface area contributed by atoms with E-state index >= 15 is 0 Å². The van der Waals surface area contributed by atoms with Gasteiger partial charge in [-0.3, -0.25) is 14.6 Å². The summed E-state index contributed by atoms with van der Waals surface area (Å²) >= 11 is 0. The van der Waals surface area contributed by atoms with E-state index in [4.69, 9.17) is 4.74 Å². The maximum absolute atomic E-state index is 12.6. The van der Waals surface area contributed by atoms with Gasteiger partial charge in [-0.1, -0.05) is 6.07 Å². The van der Waals surface area contributed by atoms with Gasteiger partial charge >= 0.3 is 0 Å². The van der Waals surface area contributed by atoms with Crippen LogP contribution in [0.4, 0.5) is 0 Å². The minimum absolute atomic E-state index is 0.0991. The number of hydrogen-bond acceptors (Lipinski definition) is 4. The van der Waals surface area contributed by atoms with Crippen molar-refractivity contribution in [2.24, 2.45) is 0 Å². The number of aromatic amines is 1. The normalized spacial score (nSPS) is 24.4. The molecule has 4 rings (SSSR count). The second kappa shape index (κ2) is 6.36. The van der Waals surface area contributed by atoms with Crippen LogP contribution in [0.25, 0.3) is 10.9 Å². The predicted molar refractivity (Wildman–Crippen MR) is 89.9 cm³/mol. The smallest absolute Gasteiger partial charge is 0.274 e. The maximum Gasteiger partial charge on any atom is 0.274 e. The van der Waals surface area contributed by atoms with Crippen molar-refractivity contribution in [3.63, 3.8) is 0 Å². The lowest BCUT2D eigenvalue weighted by atomic mass is 9.93. The van der Waals surface area contributed by atoms with E-state index < -0.39 is 0 Å². The van der Waals surface area contributed by atoms with Crippen molar-refractivity contribution in [1.29, 1.82) is 0 Å². The third-order valence-corrected chi connectivity index (χ3v) is 5.00. The van der Waals surface area contributed by atoms with Crippen molar-refractivity contribution in [2.45, 2.75) is 37.7 Å². The molecule has 2 aromatic heterocycles. The molecule has 2 aromatic rings. The average molecular weight is 327 g/mol. The van der Waals surface area contributed by atoms with Crippen molar-refractivity contribution < 1.29 is 9.53 Å². The lowest BCUT2D eigenvalue weighted by Crippen LogP contribution is -2.44. The van der Waals surface area contributed by atoms with Crippen molar-refractivity contribution in [1.82, 2.24) is 14.9 Å². The van der Waals surface area contributed by atoms with Gasteiger partial charge < -0.3 is 14.6 Å². The Bertz CT molecular complexity index is 811. The van der Waals surface area contributed by atoms with Crippen LogP contribution < -0.4 is 5.56 Å². The summed E-state index contributed by atoms with van der Waals surface area (Å²) in [7, 11) is 0. The minimum Gasteiger partial charge on any atom is -0.368 e. The molecule has 2 saturated heterocycles. The number of nitrogens with one attached hydrogen (secondary N) is 1. The summed E-state index contributed by atoms with van der Waals surface area (Å²) in [4.78, 5) is 33.8. The van der Waals surface area contributed by atoms with E-state index in [-0.39, 0.29) is 23.5 Å². The second-order valence-electron chi connectivity index (χ2n) is 6.62. The molecular formula is C18H21N3O3. The first kappa shape index (κ1) is 15.3. The Morgan fingerprint density at radius 2 is 2.25 bits per heavy atom. The number of ether oxygens (including phenoxy) is 1. The highest BCUT2D eigenvalue weighted by molar-refractivity contribution is 5.81. The molecule has 2 atom stereocenters. The summed E-state index contributed by atoms with van der Waals surface area (Å²) in [5.41, 5.74) is 1.19. The Morgan fingerprint density at radius 1 is 1.33 bits per heavy atom. The molecule has 2 fully saturated rings. The zero-order valence-electron chi connectivity index (χ0n) is 13.5. The fraction of sp³-hybridized carbons (Fsp3) is 0.500. The van der Waals surface area contributed by atoms with Crippen LogP contribution >= 0.6 is 0 Å². The number of carbonyl (C=O) groups excluding carboxylic acids is 1. The van der Waals surface area contributed by atoms with Gasteiger partial charge in [0, 0.05) is 42.9 Å². The molecule has 1 N–H and O–H groups in total. The highest BCUT2D eigenvalue weighted by Gasteiger charge is 2.32. The first-order valence-corrected chi connectivity index (χ1v) is 8.61. The first-order valence-electron chi connectivity index (χ1n) is 8.61. The van der Waals surface area contributed by atoms with Crippen molar-refractivity contribution in [3.8, 4) is 0 Å². The predicted octanol–water partition coefficient (Wildman–Crippen LogP) is 1.81. The van der Waals surface area contributed by atoms with Gasteiger partial charge in [0.2, 0.25) is 0 Å². The van der Waals surface area contributed by atoms with Gasteiger partial charge in [0.05, 0.1) is 0 Å². The van der Waals surface area contributed by atoms with Gasteiger partial charge in [-0.2, -0.15) is 0 Å². The van der Waals surface area contributed by atoms with E-state index in [9.17, 15) is 9.59 Å². The molecule has 6 heteroatoms. The number of likely N-dealkylation sites (tertiary alicyclic amines) is 1. The molecule has 126 valence electrons. The second-order valence-corrected chi connectivity index (χ2v) is 6.62. The number of fused-ring (bicyclic) bond motifs is 1. The Balaban J connectivity index is 1.57. The largest absolute Gasteiger partial charge is 0.368 e. The summed E-state index contributed by atoms with van der Waals surface area (Å²) in [6, 6.07) is 5.73. The topological polar surface area (TPSA) is 75.3 Å². The molecular weight excluding hydrogens is 306 g/mol. The number of carbonyl (C=O) groups is 1. The van der Waals surface area contributed by atoms with Crippen LogP contribution in [0.2, 0.25) is 0 Å². The van der Waals surface area contributed by atoms with E-state index in [0.717, 1.165) is 43.3 Å². The maximum atomic E-state index is 12.6. The number of hydrogen-bond donors (Lipinski definition) is 1. The fourth-order valence-corrected chi connectivity index (χ4v) is 3.74. The van der Waals surface area contributed by atoms with Crippen LogP contribution in [0.3, 0.4) is 0 Å². The molecule has 0 aromatic carbocycles. The van der Waals surface area contributed by atoms with Crippen LogP contribution in [0.15, 0.2) is 29.2 Å². The molecule has 24 heavy (non-hydrogen) atoms. The number of H-pyrrole nitrogens is 1. The van der Waals surface area contributed by atoms with Crippen LogP contribution in [-0.2, 0) is 9.53 Å². The Kier molecular flexibility index (Phi) is 4.06. The quantitative estimate of drug-likeness (QED) is 0.913. The van der Waals surface area contributed by atoms with Crippen LogP contribution in [0.1, 0.15) is 37.3 Å². The molecule has 0 aliphatic carbocycles. The highest BCUT2D eigenvalue weighted by Crippen LogP contribution is 2.28. The summed E-state index contributed by atoms with van der Waals surface area (Å²) in [5, 5.41) is 0.846. The molecule has 0 bridgehead atoms. The minimum atomic E-state index is -0.274. The SMILES string of the molecule is O=C([C@H]1CCCO1)N1CCC[C@@H](c2cc3cccnc3c(=O)[nH]2)C1.